The number of hydrogen-bond donors (Lipinski definition) is 3. The van der Waals surface area contributed by atoms with Gasteiger partial charge < -0.3 is 29.6 Å². The topological polar surface area (TPSA) is 168 Å². The van der Waals surface area contributed by atoms with Crippen molar-refractivity contribution in [2.45, 2.75) is 47.3 Å². The quantitative estimate of drug-likeness (QED) is 0.122. The molecule has 0 spiro atoms. The highest BCUT2D eigenvalue weighted by Crippen LogP contribution is 2.51. The molecular formula is C29H27N3O9S2. The Bertz CT molecular complexity index is 1500. The van der Waals surface area contributed by atoms with Crippen LogP contribution in [0.4, 0.5) is 0 Å². The number of allylic oxidation sites excluding steroid dienone is 1. The van der Waals surface area contributed by atoms with E-state index in [9.17, 15) is 33.9 Å². The molecule has 0 aromatic heterocycles. The summed E-state index contributed by atoms with van der Waals surface area (Å²) in [7, 11) is 0. The minimum Gasteiger partial charge on any atom is -0.508 e. The largest absolute Gasteiger partial charge is 0.508 e. The lowest BCUT2D eigenvalue weighted by atomic mass is 9.95. The first kappa shape index (κ1) is 30.2. The van der Waals surface area contributed by atoms with E-state index in [0.717, 1.165) is 12.3 Å². The molecule has 5 atom stereocenters. The van der Waals surface area contributed by atoms with Crippen molar-refractivity contribution in [3.8, 4) is 5.75 Å². The Morgan fingerprint density at radius 2 is 1.77 bits per heavy atom. The van der Waals surface area contributed by atoms with Crippen LogP contribution in [0.15, 0.2) is 66.9 Å². The van der Waals surface area contributed by atoms with E-state index in [4.69, 9.17) is 8.92 Å². The highest BCUT2D eigenvalue weighted by atomic mass is 32.2. The number of rotatable bonds is 9. The van der Waals surface area contributed by atoms with E-state index in [1.165, 1.54) is 40.9 Å². The number of nitrogens with one attached hydrogen (secondary N) is 2. The SMILES string of the molecule is CC1(C)S[C@@H]2[C@H](NC(=O)C(NC(=O)C3SOC=CC3=O)c3ccc(O)cc3)C(=O)N2[C@H]1C(=O)OCC(=O)c1ccccc1. The van der Waals surface area contributed by atoms with Gasteiger partial charge in [0.05, 0.1) is 12.0 Å². The van der Waals surface area contributed by atoms with E-state index >= 15 is 0 Å². The number of benzene rings is 2. The third kappa shape index (κ3) is 6.11. The number of phenolic OH excluding ortho intramolecular Hbond substituents is 1. The average molecular weight is 626 g/mol. The molecule has 0 radical (unpaired) electrons. The van der Waals surface area contributed by atoms with Crippen molar-refractivity contribution in [3.05, 3.63) is 78.1 Å². The van der Waals surface area contributed by atoms with Crippen LogP contribution < -0.4 is 10.6 Å². The number of amides is 3. The number of β-lactam (4-membered cyclic amide) rings is 1. The number of nitrogens with zero attached hydrogens (tertiary/aromatic N) is 1. The Morgan fingerprint density at radius 1 is 1.07 bits per heavy atom. The second kappa shape index (κ2) is 12.1. The predicted octanol–water partition coefficient (Wildman–Crippen LogP) is 1.65. The Morgan fingerprint density at radius 3 is 2.44 bits per heavy atom. The summed E-state index contributed by atoms with van der Waals surface area (Å²) in [5.41, 5.74) is 0.683. The second-order valence-electron chi connectivity index (χ2n) is 10.5. The first-order valence-electron chi connectivity index (χ1n) is 13.1. The van der Waals surface area contributed by atoms with Crippen molar-refractivity contribution in [2.24, 2.45) is 0 Å². The van der Waals surface area contributed by atoms with Gasteiger partial charge in [-0.05, 0) is 31.5 Å². The summed E-state index contributed by atoms with van der Waals surface area (Å²) in [6.45, 7) is 3.05. The number of ketones is 2. The van der Waals surface area contributed by atoms with Gasteiger partial charge in [0.2, 0.25) is 17.7 Å². The van der Waals surface area contributed by atoms with E-state index in [1.807, 2.05) is 0 Å². The lowest BCUT2D eigenvalue weighted by Crippen LogP contribution is -2.71. The number of carbonyl (C=O) groups is 6. The van der Waals surface area contributed by atoms with Crippen LogP contribution in [0.2, 0.25) is 0 Å². The maximum absolute atomic E-state index is 13.5. The van der Waals surface area contributed by atoms with Crippen LogP contribution in [0.25, 0.3) is 0 Å². The summed E-state index contributed by atoms with van der Waals surface area (Å²) in [4.78, 5) is 78.8. The molecule has 0 aliphatic carbocycles. The molecule has 0 saturated carbocycles. The summed E-state index contributed by atoms with van der Waals surface area (Å²) in [6, 6.07) is 10.6. The van der Waals surface area contributed by atoms with Crippen LogP contribution in [0, 0.1) is 0 Å². The van der Waals surface area contributed by atoms with E-state index < -0.39 is 69.6 Å². The van der Waals surface area contributed by atoms with Gasteiger partial charge in [-0.1, -0.05) is 42.5 Å². The van der Waals surface area contributed by atoms with Gasteiger partial charge >= 0.3 is 5.97 Å². The first-order valence-corrected chi connectivity index (χ1v) is 14.8. The average Bonchev–Trinajstić information content (AvgIpc) is 3.25. The number of thioether (sulfide) groups is 1. The Balaban J connectivity index is 1.27. The molecule has 43 heavy (non-hydrogen) atoms. The predicted molar refractivity (Wildman–Crippen MR) is 155 cm³/mol. The van der Waals surface area contributed by atoms with Crippen molar-refractivity contribution in [1.29, 1.82) is 0 Å². The summed E-state index contributed by atoms with van der Waals surface area (Å²) < 4.78 is 9.52. The maximum Gasteiger partial charge on any atom is 0.330 e. The summed E-state index contributed by atoms with van der Waals surface area (Å²) in [5, 5.41) is 13.1. The highest BCUT2D eigenvalue weighted by molar-refractivity contribution is 8.01. The second-order valence-corrected chi connectivity index (χ2v) is 13.1. The standard InChI is InChI=1S/C29H27N3O9S2/c1-29(2)23(28(39)40-14-19(35)15-6-4-3-5-7-15)32-26(38)21(27(32)42-29)31-24(36)20(16-8-10-17(33)11-9-16)30-25(37)22-18(34)12-13-41-43-22/h3-13,20-23,27,33H,14H2,1-2H3,(H,30,37)(H,31,36)/t20?,21-,22?,23+,27-/m1/s1. The van der Waals surface area contributed by atoms with Gasteiger partial charge in [0.1, 0.15) is 35.5 Å². The minimum atomic E-state index is -1.32. The van der Waals surface area contributed by atoms with Gasteiger partial charge in [0, 0.05) is 16.4 Å². The zero-order valence-corrected chi connectivity index (χ0v) is 24.6. The molecule has 2 saturated heterocycles. The van der Waals surface area contributed by atoms with Crippen LogP contribution in [0.3, 0.4) is 0 Å². The van der Waals surface area contributed by atoms with Crippen molar-refractivity contribution in [3.63, 3.8) is 0 Å². The number of fused-ring (bicyclic) bond motifs is 1. The molecule has 3 aliphatic heterocycles. The molecule has 3 heterocycles. The van der Waals surface area contributed by atoms with E-state index in [0.29, 0.717) is 23.2 Å². The van der Waals surface area contributed by atoms with Crippen molar-refractivity contribution < 1.29 is 42.8 Å². The van der Waals surface area contributed by atoms with Gasteiger partial charge in [-0.15, -0.1) is 11.8 Å². The molecule has 3 aliphatic rings. The molecule has 3 amide bonds. The van der Waals surface area contributed by atoms with Gasteiger partial charge in [-0.25, -0.2) is 4.79 Å². The molecule has 12 nitrogen and oxygen atoms in total. The zero-order valence-electron chi connectivity index (χ0n) is 22.9. The number of phenols is 1. The van der Waals surface area contributed by atoms with Gasteiger partial charge in [-0.2, -0.15) is 0 Å². The third-order valence-corrected chi connectivity index (χ3v) is 9.55. The number of hydrogen-bond acceptors (Lipinski definition) is 11. The van der Waals surface area contributed by atoms with E-state index in [1.54, 1.807) is 44.2 Å². The van der Waals surface area contributed by atoms with Crippen LogP contribution in [0.5, 0.6) is 5.75 Å². The van der Waals surface area contributed by atoms with Gasteiger partial charge in [0.15, 0.2) is 23.4 Å². The molecule has 2 aromatic carbocycles. The fourth-order valence-electron chi connectivity index (χ4n) is 4.96. The smallest absolute Gasteiger partial charge is 0.330 e. The maximum atomic E-state index is 13.5. The highest BCUT2D eigenvalue weighted by Gasteiger charge is 2.64. The molecule has 14 heteroatoms. The number of aromatic hydroxyl groups is 1. The first-order chi connectivity index (χ1) is 20.5. The van der Waals surface area contributed by atoms with Gasteiger partial charge in [-0.3, -0.25) is 24.0 Å². The molecule has 2 aromatic rings. The molecular weight excluding hydrogens is 598 g/mol. The summed E-state index contributed by atoms with van der Waals surface area (Å²) >= 11 is 1.93. The fourth-order valence-corrected chi connectivity index (χ4v) is 7.14. The monoisotopic (exact) mass is 625 g/mol. The normalized spacial score (nSPS) is 24.2. The van der Waals surface area contributed by atoms with E-state index in [-0.39, 0.29) is 11.5 Å². The lowest BCUT2D eigenvalue weighted by Gasteiger charge is -2.44. The fraction of sp³-hybridized carbons (Fsp3) is 0.310. The van der Waals surface area contributed by atoms with Gasteiger partial charge in [0.25, 0.3) is 0 Å². The third-order valence-electron chi connectivity index (χ3n) is 7.11. The van der Waals surface area contributed by atoms with Crippen molar-refractivity contribution >= 4 is 59.1 Å². The van der Waals surface area contributed by atoms with Crippen LogP contribution in [0.1, 0.15) is 35.8 Å². The molecule has 3 N–H and O–H groups in total. The minimum absolute atomic E-state index is 0.0661. The van der Waals surface area contributed by atoms with Crippen LogP contribution in [-0.2, 0) is 32.9 Å². The Kier molecular flexibility index (Phi) is 8.51. The number of carbonyl (C=O) groups excluding carboxylic acids is 6. The molecule has 5 rings (SSSR count). The molecule has 224 valence electrons. The number of Topliss-reactive ketones (excluding diaryl/α,β-unsaturated/α-hetero) is 1. The summed E-state index contributed by atoms with van der Waals surface area (Å²) in [6.07, 6.45) is 2.26. The number of ether oxygens (including phenoxy) is 1. The lowest BCUT2D eigenvalue weighted by molar-refractivity contribution is -0.163. The Hall–Kier alpha value is -4.30. The number of esters is 1. The Labute approximate surface area is 254 Å². The molecule has 2 unspecified atom stereocenters. The molecule has 0 bridgehead atoms. The summed E-state index contributed by atoms with van der Waals surface area (Å²) in [5.74, 6) is -3.74. The molecule has 2 fully saturated rings. The van der Waals surface area contributed by atoms with E-state index in [2.05, 4.69) is 10.6 Å². The van der Waals surface area contributed by atoms with Crippen molar-refractivity contribution in [1.82, 2.24) is 15.5 Å². The van der Waals surface area contributed by atoms with Crippen LogP contribution >= 0.6 is 23.8 Å². The van der Waals surface area contributed by atoms with Crippen molar-refractivity contribution in [2.75, 3.05) is 6.61 Å². The van der Waals surface area contributed by atoms with Crippen LogP contribution in [-0.4, -0.2) is 79.3 Å². The zero-order chi connectivity index (χ0) is 30.9.